The highest BCUT2D eigenvalue weighted by Crippen LogP contribution is 2.28. The normalized spacial score (nSPS) is 13.2. The van der Waals surface area contributed by atoms with E-state index in [0.29, 0.717) is 13.1 Å². The molecule has 0 bridgehead atoms. The highest BCUT2D eigenvalue weighted by Gasteiger charge is 2.22. The zero-order valence-corrected chi connectivity index (χ0v) is 16.2. The van der Waals surface area contributed by atoms with E-state index in [4.69, 9.17) is 0 Å². The topological polar surface area (TPSA) is 47.2 Å². The van der Waals surface area contributed by atoms with E-state index in [0.717, 1.165) is 33.9 Å². The Morgan fingerprint density at radius 3 is 2.77 bits per heavy atom. The van der Waals surface area contributed by atoms with Gasteiger partial charge in [-0.15, -0.1) is 0 Å². The fourth-order valence-electron chi connectivity index (χ4n) is 3.68. The number of benzene rings is 2. The van der Waals surface area contributed by atoms with Gasteiger partial charge in [-0.3, -0.25) is 13.9 Å². The Labute approximate surface area is 160 Å². The molecule has 1 aromatic heterocycles. The zero-order valence-electron chi connectivity index (χ0n) is 14.6. The number of nitrogens with zero attached hydrogens (tertiary/aromatic N) is 3. The van der Waals surface area contributed by atoms with Crippen LogP contribution in [0.3, 0.4) is 0 Å². The smallest absolute Gasteiger partial charge is 0.329 e. The molecule has 0 radical (unpaired) electrons. The van der Waals surface area contributed by atoms with Crippen molar-refractivity contribution < 1.29 is 4.79 Å². The summed E-state index contributed by atoms with van der Waals surface area (Å²) in [7, 11) is 1.78. The number of imidazole rings is 1. The summed E-state index contributed by atoms with van der Waals surface area (Å²) in [4.78, 5) is 27.3. The SMILES string of the molecule is CN(Cc1ccccc1)C(=O)Cn1c(=O)n2c3c(cc(Br)cc31)CCC2. The van der Waals surface area contributed by atoms with Crippen LogP contribution in [0.25, 0.3) is 11.0 Å². The van der Waals surface area contributed by atoms with E-state index in [1.54, 1.807) is 16.5 Å². The van der Waals surface area contributed by atoms with E-state index in [2.05, 4.69) is 22.0 Å². The van der Waals surface area contributed by atoms with Crippen LogP contribution in [0, 0.1) is 0 Å². The first-order valence-electron chi connectivity index (χ1n) is 8.74. The Hall–Kier alpha value is -2.34. The van der Waals surface area contributed by atoms with Gasteiger partial charge in [-0.1, -0.05) is 46.3 Å². The largest absolute Gasteiger partial charge is 0.340 e. The molecule has 0 N–H and O–H groups in total. The molecule has 1 aliphatic heterocycles. The van der Waals surface area contributed by atoms with Crippen molar-refractivity contribution >= 4 is 32.9 Å². The maximum Gasteiger partial charge on any atom is 0.329 e. The van der Waals surface area contributed by atoms with Gasteiger partial charge >= 0.3 is 5.69 Å². The van der Waals surface area contributed by atoms with Crippen LogP contribution in [0.15, 0.2) is 51.7 Å². The van der Waals surface area contributed by atoms with Crippen molar-refractivity contribution in [1.82, 2.24) is 14.0 Å². The van der Waals surface area contributed by atoms with Crippen molar-refractivity contribution in [3.63, 3.8) is 0 Å². The van der Waals surface area contributed by atoms with E-state index < -0.39 is 0 Å². The molecule has 6 heteroatoms. The molecule has 2 heterocycles. The summed E-state index contributed by atoms with van der Waals surface area (Å²) < 4.78 is 4.36. The number of aryl methyl sites for hydroxylation is 2. The van der Waals surface area contributed by atoms with Gasteiger partial charge < -0.3 is 4.90 Å². The van der Waals surface area contributed by atoms with Gasteiger partial charge in [0.15, 0.2) is 0 Å². The van der Waals surface area contributed by atoms with E-state index >= 15 is 0 Å². The summed E-state index contributed by atoms with van der Waals surface area (Å²) in [6.45, 7) is 1.30. The summed E-state index contributed by atoms with van der Waals surface area (Å²) >= 11 is 3.54. The number of aromatic nitrogens is 2. The van der Waals surface area contributed by atoms with Crippen LogP contribution >= 0.6 is 15.9 Å². The third kappa shape index (κ3) is 2.98. The first-order valence-corrected chi connectivity index (χ1v) is 9.53. The van der Waals surface area contributed by atoms with E-state index in [1.165, 1.54) is 5.56 Å². The van der Waals surface area contributed by atoms with E-state index in [1.807, 2.05) is 41.0 Å². The van der Waals surface area contributed by atoms with Crippen LogP contribution in [-0.2, 0) is 30.8 Å². The van der Waals surface area contributed by atoms with Crippen LogP contribution in [0.4, 0.5) is 0 Å². The molecule has 0 spiro atoms. The molecule has 26 heavy (non-hydrogen) atoms. The molecule has 2 aromatic carbocycles. The van der Waals surface area contributed by atoms with Gasteiger partial charge in [0.25, 0.3) is 0 Å². The highest BCUT2D eigenvalue weighted by molar-refractivity contribution is 9.10. The number of halogens is 1. The first kappa shape index (κ1) is 17.1. The van der Waals surface area contributed by atoms with Crippen molar-refractivity contribution in [2.75, 3.05) is 7.05 Å². The lowest BCUT2D eigenvalue weighted by Gasteiger charge is -2.17. The number of likely N-dealkylation sites (N-methyl/N-ethyl adjacent to an activating group) is 1. The van der Waals surface area contributed by atoms with E-state index in [-0.39, 0.29) is 18.1 Å². The minimum atomic E-state index is -0.0967. The Kier molecular flexibility index (Phi) is 4.44. The van der Waals surface area contributed by atoms with Crippen molar-refractivity contribution in [3.05, 3.63) is 68.5 Å². The molecule has 5 nitrogen and oxygen atoms in total. The molecular formula is C20H20BrN3O2. The maximum atomic E-state index is 12.9. The van der Waals surface area contributed by atoms with Gasteiger partial charge in [-0.05, 0) is 36.1 Å². The number of carbonyl (C=O) groups excluding carboxylic acids is 1. The molecule has 0 saturated heterocycles. The van der Waals surface area contributed by atoms with Gasteiger partial charge in [0, 0.05) is 24.6 Å². The molecule has 134 valence electrons. The van der Waals surface area contributed by atoms with Crippen LogP contribution in [0.1, 0.15) is 17.5 Å². The summed E-state index contributed by atoms with van der Waals surface area (Å²) in [5.41, 5.74) is 3.95. The number of rotatable bonds is 4. The fourth-order valence-corrected chi connectivity index (χ4v) is 4.17. The molecule has 0 aliphatic carbocycles. The number of amides is 1. The lowest BCUT2D eigenvalue weighted by Crippen LogP contribution is -2.34. The third-order valence-electron chi connectivity index (χ3n) is 4.97. The number of carbonyl (C=O) groups is 1. The Bertz CT molecular complexity index is 1040. The minimum absolute atomic E-state index is 0.0571. The van der Waals surface area contributed by atoms with Gasteiger partial charge in [-0.2, -0.15) is 0 Å². The fraction of sp³-hybridized carbons (Fsp3) is 0.300. The zero-order chi connectivity index (χ0) is 18.3. The number of hydrogen-bond acceptors (Lipinski definition) is 2. The average Bonchev–Trinajstić information content (AvgIpc) is 2.89. The highest BCUT2D eigenvalue weighted by atomic mass is 79.9. The quantitative estimate of drug-likeness (QED) is 0.659. The molecule has 1 aliphatic rings. The summed E-state index contributed by atoms with van der Waals surface area (Å²) in [5.74, 6) is -0.0734. The second kappa shape index (κ2) is 6.76. The first-order chi connectivity index (χ1) is 12.5. The molecule has 0 atom stereocenters. The molecule has 4 rings (SSSR count). The molecule has 0 saturated carbocycles. The Balaban J connectivity index is 1.66. The summed E-state index contributed by atoms with van der Waals surface area (Å²) in [6.07, 6.45) is 1.91. The van der Waals surface area contributed by atoms with E-state index in [9.17, 15) is 9.59 Å². The van der Waals surface area contributed by atoms with Crippen molar-refractivity contribution in [2.24, 2.45) is 0 Å². The van der Waals surface area contributed by atoms with Crippen LogP contribution in [-0.4, -0.2) is 27.0 Å². The van der Waals surface area contributed by atoms with Crippen molar-refractivity contribution in [3.8, 4) is 0 Å². The summed E-state index contributed by atoms with van der Waals surface area (Å²) in [5, 5.41) is 0. The lowest BCUT2D eigenvalue weighted by molar-refractivity contribution is -0.131. The van der Waals surface area contributed by atoms with Crippen LogP contribution in [0.2, 0.25) is 0 Å². The average molecular weight is 414 g/mol. The van der Waals surface area contributed by atoms with Gasteiger partial charge in [0.05, 0.1) is 11.0 Å². The summed E-state index contributed by atoms with van der Waals surface area (Å²) in [6, 6.07) is 13.9. The van der Waals surface area contributed by atoms with Crippen LogP contribution < -0.4 is 5.69 Å². The second-order valence-corrected chi connectivity index (χ2v) is 7.71. The van der Waals surface area contributed by atoms with Crippen molar-refractivity contribution in [2.45, 2.75) is 32.5 Å². The van der Waals surface area contributed by atoms with Gasteiger partial charge in [-0.25, -0.2) is 4.79 Å². The predicted molar refractivity (Wildman–Crippen MR) is 105 cm³/mol. The Morgan fingerprint density at radius 1 is 1.23 bits per heavy atom. The molecular weight excluding hydrogens is 394 g/mol. The molecule has 0 fully saturated rings. The molecule has 3 aromatic rings. The van der Waals surface area contributed by atoms with Gasteiger partial charge in [0.2, 0.25) is 5.91 Å². The number of hydrogen-bond donors (Lipinski definition) is 0. The molecule has 0 unspecified atom stereocenters. The third-order valence-corrected chi connectivity index (χ3v) is 5.42. The monoisotopic (exact) mass is 413 g/mol. The van der Waals surface area contributed by atoms with Crippen molar-refractivity contribution in [1.29, 1.82) is 0 Å². The maximum absolute atomic E-state index is 12.9. The molecule has 1 amide bonds. The second-order valence-electron chi connectivity index (χ2n) is 6.79. The van der Waals surface area contributed by atoms with Crippen LogP contribution in [0.5, 0.6) is 0 Å². The minimum Gasteiger partial charge on any atom is -0.340 e. The lowest BCUT2D eigenvalue weighted by atomic mass is 10.0. The standard InChI is InChI=1S/C20H20BrN3O2/c1-22(12-14-6-3-2-4-7-14)18(25)13-24-17-11-16(21)10-15-8-5-9-23(19(15)17)20(24)26/h2-4,6-7,10-11H,5,8-9,12-13H2,1H3. The Morgan fingerprint density at radius 2 is 2.00 bits per heavy atom. The van der Waals surface area contributed by atoms with Gasteiger partial charge in [0.1, 0.15) is 6.54 Å². The predicted octanol–water partition coefficient (Wildman–Crippen LogP) is 3.17.